The fourth-order valence-corrected chi connectivity index (χ4v) is 8.17. The lowest BCUT2D eigenvalue weighted by molar-refractivity contribution is -0.171. The number of hydrogen-bond acceptors (Lipinski definition) is 10. The monoisotopic (exact) mass is 686 g/mol. The lowest BCUT2D eigenvalue weighted by Crippen LogP contribution is -2.41. The van der Waals surface area contributed by atoms with E-state index in [0.29, 0.717) is 24.4 Å². The van der Waals surface area contributed by atoms with E-state index in [4.69, 9.17) is 24.3 Å². The molecule has 4 N–H and O–H groups in total. The summed E-state index contributed by atoms with van der Waals surface area (Å²) in [5.74, 6) is -0.771. The Bertz CT molecular complexity index is 1670. The second-order valence-corrected chi connectivity index (χ2v) is 14.6. The van der Waals surface area contributed by atoms with E-state index < -0.39 is 30.7 Å². The number of nitrogens with two attached hydrogens (primary N) is 1. The number of rotatable bonds is 18. The number of anilines is 1. The second-order valence-electron chi connectivity index (χ2n) is 12.7. The van der Waals surface area contributed by atoms with E-state index in [1.54, 1.807) is 35.0 Å². The molecule has 0 amide bonds. The first-order valence-electron chi connectivity index (χ1n) is 16.7. The van der Waals surface area contributed by atoms with Crippen molar-refractivity contribution < 1.29 is 33.0 Å². The summed E-state index contributed by atoms with van der Waals surface area (Å²) in [6.45, 7) is 6.60. The zero-order chi connectivity index (χ0) is 34.3. The number of nitrogen functional groups attached to an aromatic ring is 1. The van der Waals surface area contributed by atoms with Crippen molar-refractivity contribution in [3.8, 4) is 5.75 Å². The average molecular weight is 687 g/mol. The van der Waals surface area contributed by atoms with Crippen LogP contribution in [0.1, 0.15) is 72.1 Å². The molecule has 262 valence electrons. The maximum absolute atomic E-state index is 15.1. The largest absolute Gasteiger partial charge is 0.480 e. The highest BCUT2D eigenvalue weighted by molar-refractivity contribution is 7.51. The van der Waals surface area contributed by atoms with Crippen molar-refractivity contribution in [2.75, 3.05) is 32.1 Å². The molecule has 1 aliphatic carbocycles. The molecule has 3 aromatic rings. The number of imidazole rings is 1. The zero-order valence-electron chi connectivity index (χ0n) is 27.9. The third-order valence-corrected chi connectivity index (χ3v) is 11.0. The molecule has 2 fully saturated rings. The van der Waals surface area contributed by atoms with Crippen LogP contribution in [0.4, 0.5) is 5.95 Å². The first kappa shape index (κ1) is 35.7. The molecule has 2 unspecified atom stereocenters. The van der Waals surface area contributed by atoms with Crippen LogP contribution < -0.4 is 15.8 Å². The number of para-hydroxylation sites is 1. The van der Waals surface area contributed by atoms with E-state index in [0.717, 1.165) is 50.5 Å². The lowest BCUT2D eigenvalue weighted by Gasteiger charge is -2.36. The van der Waals surface area contributed by atoms with E-state index in [-0.39, 0.29) is 43.4 Å². The van der Waals surface area contributed by atoms with Gasteiger partial charge in [-0.2, -0.15) is 9.65 Å². The first-order valence-corrected chi connectivity index (χ1v) is 18.2. The second kappa shape index (κ2) is 15.8. The minimum Gasteiger partial charge on any atom is -0.480 e. The zero-order valence-corrected chi connectivity index (χ0v) is 28.8. The Morgan fingerprint density at radius 2 is 2.00 bits per heavy atom. The Morgan fingerprint density at radius 1 is 1.25 bits per heavy atom. The molecule has 1 saturated heterocycles. The summed E-state index contributed by atoms with van der Waals surface area (Å²) in [5.41, 5.74) is 5.92. The number of aromatic amines is 1. The van der Waals surface area contributed by atoms with Gasteiger partial charge in [-0.05, 0) is 69.1 Å². The Balaban J connectivity index is 1.49. The van der Waals surface area contributed by atoms with Crippen LogP contribution in [-0.4, -0.2) is 74.0 Å². The van der Waals surface area contributed by atoms with Crippen molar-refractivity contribution in [1.29, 1.82) is 0 Å². The summed E-state index contributed by atoms with van der Waals surface area (Å²) in [5, 5.41) is 10.2. The molecule has 1 aliphatic heterocycles. The molecule has 14 nitrogen and oxygen atoms in total. The highest BCUT2D eigenvalue weighted by Crippen LogP contribution is 2.60. The van der Waals surface area contributed by atoms with E-state index >= 15 is 4.57 Å². The molecule has 48 heavy (non-hydrogen) atoms. The average Bonchev–Trinajstić information content (AvgIpc) is 3.60. The van der Waals surface area contributed by atoms with E-state index in [1.165, 1.54) is 17.9 Å². The molecule has 0 radical (unpaired) electrons. The number of carboxylic acid groups (broad SMARTS) is 1. The van der Waals surface area contributed by atoms with Crippen LogP contribution in [-0.2, 0) is 23.4 Å². The summed E-state index contributed by atoms with van der Waals surface area (Å²) in [6.07, 6.45) is 9.60. The predicted octanol–water partition coefficient (Wildman–Crippen LogP) is 5.67. The van der Waals surface area contributed by atoms with Gasteiger partial charge in [-0.25, -0.2) is 9.55 Å². The normalized spacial score (nSPS) is 22.3. The fraction of sp³-hybridized carbons (Fsp3) is 0.576. The molecule has 1 saturated carbocycles. The molecule has 0 spiro atoms. The van der Waals surface area contributed by atoms with Gasteiger partial charge < -0.3 is 24.8 Å². The van der Waals surface area contributed by atoms with Gasteiger partial charge in [0.25, 0.3) is 5.56 Å². The van der Waals surface area contributed by atoms with E-state index in [2.05, 4.69) is 28.8 Å². The number of benzene rings is 1. The van der Waals surface area contributed by atoms with Crippen molar-refractivity contribution in [2.24, 2.45) is 11.3 Å². The van der Waals surface area contributed by atoms with Crippen LogP contribution in [0, 0.1) is 11.3 Å². The highest BCUT2D eigenvalue weighted by atomic mass is 31.2. The fourth-order valence-electron chi connectivity index (χ4n) is 6.11. The molecule has 5 rings (SSSR count). The number of H-pyrrole nitrogens is 1. The Kier molecular flexibility index (Phi) is 11.7. The Hall–Kier alpha value is -3.55. The minimum absolute atomic E-state index is 0.0353. The van der Waals surface area contributed by atoms with Gasteiger partial charge in [-0.3, -0.25) is 23.7 Å². The Morgan fingerprint density at radius 3 is 2.67 bits per heavy atom. The Labute approximate surface area is 280 Å². The number of hydrogen-bond donors (Lipinski definition) is 3. The van der Waals surface area contributed by atoms with Gasteiger partial charge in [0.15, 0.2) is 17.5 Å². The van der Waals surface area contributed by atoms with Crippen LogP contribution in [0.5, 0.6) is 5.75 Å². The van der Waals surface area contributed by atoms with Gasteiger partial charge in [-0.1, -0.05) is 44.9 Å². The van der Waals surface area contributed by atoms with Crippen LogP contribution in [0.2, 0.25) is 0 Å². The smallest absolute Gasteiger partial charge is 0.462 e. The summed E-state index contributed by atoms with van der Waals surface area (Å²) in [4.78, 5) is 35.8. The van der Waals surface area contributed by atoms with Crippen molar-refractivity contribution >= 4 is 37.0 Å². The molecule has 1 aromatic carbocycles. The molecule has 15 heteroatoms. The van der Waals surface area contributed by atoms with Crippen LogP contribution >= 0.6 is 7.75 Å². The third-order valence-electron chi connectivity index (χ3n) is 8.94. The number of nitrogens with zero attached hydrogens (tertiary/aromatic N) is 4. The molecule has 2 aromatic heterocycles. The number of ether oxygens (including phenoxy) is 2. The quantitative estimate of drug-likeness (QED) is 0.140. The number of nitrogens with one attached hydrogen (secondary N) is 1. The molecule has 3 heterocycles. The lowest BCUT2D eigenvalue weighted by atomic mass is 9.98. The standard InChI is InChI=1S/C33H47N6O8P/c1-4-11-24(12-5-2)18-39(23(3)31(41)42)48(43,47-26-13-7-6-8-14-26)46-21-33(20-45-27-15-9-10-16-44-27)17-25(33)19-38-22-35-28-29(38)36-32(34)37-30(28)40/h6-8,13-14,19,22-24,27H,4-5,9-12,15-18,20-21H2,1-3H3,(H,41,42)(H3,34,36,37,40)/b25-19-/t23-,27?,33?,48-/m0/s1. The maximum Gasteiger partial charge on any atom is 0.462 e. The molecular weight excluding hydrogens is 639 g/mol. The SMILES string of the molecule is CCCC(CCC)CN([C@@H](C)C(=O)O)[P@](=O)(OCC1(COC2CCCCO2)C/C1=C/n1cnc2c(=O)[nH]c(N)nc21)Oc1ccccc1. The van der Waals surface area contributed by atoms with Crippen molar-refractivity contribution in [2.45, 2.75) is 84.5 Å². The molecular formula is C33H47N6O8P. The van der Waals surface area contributed by atoms with Gasteiger partial charge in [-0.15, -0.1) is 0 Å². The van der Waals surface area contributed by atoms with Crippen LogP contribution in [0.3, 0.4) is 0 Å². The van der Waals surface area contributed by atoms with Crippen LogP contribution in [0.25, 0.3) is 17.4 Å². The number of aromatic nitrogens is 4. The van der Waals surface area contributed by atoms with Gasteiger partial charge in [0.05, 0.1) is 13.2 Å². The number of carboxylic acids is 1. The van der Waals surface area contributed by atoms with E-state index in [1.807, 2.05) is 6.07 Å². The summed E-state index contributed by atoms with van der Waals surface area (Å²) >= 11 is 0. The van der Waals surface area contributed by atoms with Crippen molar-refractivity contribution in [1.82, 2.24) is 24.2 Å². The molecule has 2 aliphatic rings. The predicted molar refractivity (Wildman–Crippen MR) is 181 cm³/mol. The number of carbonyl (C=O) groups is 1. The summed E-state index contributed by atoms with van der Waals surface area (Å²) in [6, 6.07) is 7.50. The van der Waals surface area contributed by atoms with Gasteiger partial charge in [0, 0.05) is 24.8 Å². The number of fused-ring (bicyclic) bond motifs is 1. The summed E-state index contributed by atoms with van der Waals surface area (Å²) in [7, 11) is -4.28. The maximum atomic E-state index is 15.1. The third kappa shape index (κ3) is 8.53. The first-order chi connectivity index (χ1) is 23.1. The van der Waals surface area contributed by atoms with Crippen molar-refractivity contribution in [3.63, 3.8) is 0 Å². The topological polar surface area (TPSA) is 184 Å². The number of aliphatic carboxylic acids is 1. The van der Waals surface area contributed by atoms with E-state index in [9.17, 15) is 14.7 Å². The van der Waals surface area contributed by atoms with Gasteiger partial charge in [0.2, 0.25) is 5.95 Å². The van der Waals surface area contributed by atoms with Gasteiger partial charge >= 0.3 is 13.7 Å². The molecule has 0 bridgehead atoms. The van der Waals surface area contributed by atoms with Crippen molar-refractivity contribution in [3.05, 3.63) is 52.6 Å². The summed E-state index contributed by atoms with van der Waals surface area (Å²) < 4.78 is 42.7. The molecule has 4 atom stereocenters. The highest BCUT2D eigenvalue weighted by Gasteiger charge is 2.53. The van der Waals surface area contributed by atoms with Gasteiger partial charge in [0.1, 0.15) is 18.1 Å². The minimum atomic E-state index is -4.28. The van der Waals surface area contributed by atoms with Crippen LogP contribution in [0.15, 0.2) is 47.0 Å².